The van der Waals surface area contributed by atoms with Gasteiger partial charge in [-0.3, -0.25) is 0 Å². The van der Waals surface area contributed by atoms with Gasteiger partial charge in [-0.15, -0.1) is 0 Å². The highest BCUT2D eigenvalue weighted by atomic mass is 16.8. The van der Waals surface area contributed by atoms with Crippen LogP contribution in [-0.4, -0.2) is 40.4 Å². The Morgan fingerprint density at radius 1 is 1.29 bits per heavy atom. The van der Waals surface area contributed by atoms with Gasteiger partial charge in [-0.2, -0.15) is 0 Å². The fourth-order valence-electron chi connectivity index (χ4n) is 2.02. The fourth-order valence-corrected chi connectivity index (χ4v) is 2.02. The van der Waals surface area contributed by atoms with Crippen LogP contribution in [0.25, 0.3) is 0 Å². The van der Waals surface area contributed by atoms with E-state index in [-0.39, 0.29) is 6.10 Å². The summed E-state index contributed by atoms with van der Waals surface area (Å²) in [5.41, 5.74) is 0.736. The molecular formula is C10H16O4. The van der Waals surface area contributed by atoms with Crippen molar-refractivity contribution in [1.82, 2.24) is 0 Å². The lowest BCUT2D eigenvalue weighted by molar-refractivity contribution is -0.158. The predicted octanol–water partition coefficient (Wildman–Crippen LogP) is 0.188. The van der Waals surface area contributed by atoms with Gasteiger partial charge < -0.3 is 19.7 Å². The summed E-state index contributed by atoms with van der Waals surface area (Å²) in [6.45, 7) is 5.37. The number of aliphatic hydroxyl groups is 2. The van der Waals surface area contributed by atoms with Crippen LogP contribution in [0.5, 0.6) is 0 Å². The highest BCUT2D eigenvalue weighted by Gasteiger charge is 2.48. The van der Waals surface area contributed by atoms with Crippen molar-refractivity contribution in [2.24, 2.45) is 0 Å². The van der Waals surface area contributed by atoms with E-state index in [4.69, 9.17) is 9.47 Å². The van der Waals surface area contributed by atoms with E-state index in [0.29, 0.717) is 0 Å². The smallest absolute Gasteiger partial charge is 0.164 e. The molecule has 0 radical (unpaired) electrons. The molecule has 1 heterocycles. The molecule has 1 aliphatic heterocycles. The third-order valence-corrected chi connectivity index (χ3v) is 2.72. The summed E-state index contributed by atoms with van der Waals surface area (Å²) in [6, 6.07) is 0. The second-order valence-electron chi connectivity index (χ2n) is 4.41. The standard InChI is InChI=1S/C10H16O4/c1-5-4-6-9(8(12)7(5)11)14-10(2,3)13-6/h4,6-9,11-12H,1-3H3/t6-,7+,8+,9-/m1/s1. The molecule has 1 saturated heterocycles. The lowest BCUT2D eigenvalue weighted by Gasteiger charge is -2.30. The first-order valence-corrected chi connectivity index (χ1v) is 4.81. The van der Waals surface area contributed by atoms with Crippen molar-refractivity contribution in [3.05, 3.63) is 11.6 Å². The summed E-state index contributed by atoms with van der Waals surface area (Å²) >= 11 is 0. The van der Waals surface area contributed by atoms with Gasteiger partial charge in [0, 0.05) is 0 Å². The molecule has 0 amide bonds. The van der Waals surface area contributed by atoms with E-state index in [1.165, 1.54) is 0 Å². The maximum absolute atomic E-state index is 9.75. The average molecular weight is 200 g/mol. The van der Waals surface area contributed by atoms with Gasteiger partial charge in [0.2, 0.25) is 0 Å². The first kappa shape index (κ1) is 10.1. The van der Waals surface area contributed by atoms with Crippen LogP contribution in [0.3, 0.4) is 0 Å². The predicted molar refractivity (Wildman–Crippen MR) is 49.6 cm³/mol. The average Bonchev–Trinajstić information content (AvgIpc) is 2.37. The minimum atomic E-state index is -0.897. The van der Waals surface area contributed by atoms with E-state index in [0.717, 1.165) is 5.57 Å². The van der Waals surface area contributed by atoms with Gasteiger partial charge in [0.1, 0.15) is 24.4 Å². The molecule has 14 heavy (non-hydrogen) atoms. The monoisotopic (exact) mass is 200 g/mol. The zero-order valence-corrected chi connectivity index (χ0v) is 8.60. The van der Waals surface area contributed by atoms with Gasteiger partial charge >= 0.3 is 0 Å². The highest BCUT2D eigenvalue weighted by Crippen LogP contribution is 2.35. The summed E-state index contributed by atoms with van der Waals surface area (Å²) in [4.78, 5) is 0. The van der Waals surface area contributed by atoms with Crippen molar-refractivity contribution in [1.29, 1.82) is 0 Å². The van der Waals surface area contributed by atoms with Crippen LogP contribution >= 0.6 is 0 Å². The second-order valence-corrected chi connectivity index (χ2v) is 4.41. The van der Waals surface area contributed by atoms with E-state index in [1.54, 1.807) is 20.8 Å². The first-order chi connectivity index (χ1) is 6.41. The molecule has 0 aromatic heterocycles. The van der Waals surface area contributed by atoms with Gasteiger partial charge in [-0.1, -0.05) is 6.08 Å². The van der Waals surface area contributed by atoms with Crippen LogP contribution in [0.15, 0.2) is 11.6 Å². The molecule has 0 aromatic carbocycles. The Kier molecular flexibility index (Phi) is 2.19. The van der Waals surface area contributed by atoms with Crippen LogP contribution in [0.1, 0.15) is 20.8 Å². The molecule has 2 N–H and O–H groups in total. The molecule has 1 fully saturated rings. The number of ether oxygens (including phenoxy) is 2. The largest absolute Gasteiger partial charge is 0.387 e. The number of rotatable bonds is 0. The normalized spacial score (nSPS) is 45.9. The summed E-state index contributed by atoms with van der Waals surface area (Å²) in [5, 5.41) is 19.4. The third kappa shape index (κ3) is 1.48. The van der Waals surface area contributed by atoms with Gasteiger partial charge in [0.15, 0.2) is 5.79 Å². The summed E-state index contributed by atoms with van der Waals surface area (Å²) in [7, 11) is 0. The Morgan fingerprint density at radius 3 is 2.57 bits per heavy atom. The maximum atomic E-state index is 9.75. The number of aliphatic hydroxyl groups excluding tert-OH is 2. The molecule has 2 rings (SSSR count). The topological polar surface area (TPSA) is 58.9 Å². The van der Waals surface area contributed by atoms with Crippen molar-refractivity contribution >= 4 is 0 Å². The SMILES string of the molecule is CC1=C[C@H]2OC(C)(C)O[C@H]2[C@@H](O)[C@H]1O. The van der Waals surface area contributed by atoms with Gasteiger partial charge in [0.05, 0.1) is 0 Å². The van der Waals surface area contributed by atoms with Crippen molar-refractivity contribution in [2.45, 2.75) is 51.0 Å². The molecule has 0 aromatic rings. The molecule has 4 atom stereocenters. The molecule has 0 saturated carbocycles. The number of hydrogen-bond donors (Lipinski definition) is 2. The molecule has 0 bridgehead atoms. The van der Waals surface area contributed by atoms with Crippen LogP contribution in [0, 0.1) is 0 Å². The zero-order valence-electron chi connectivity index (χ0n) is 8.60. The molecule has 80 valence electrons. The Morgan fingerprint density at radius 2 is 1.93 bits per heavy atom. The van der Waals surface area contributed by atoms with E-state index < -0.39 is 24.1 Å². The highest BCUT2D eigenvalue weighted by molar-refractivity contribution is 5.19. The van der Waals surface area contributed by atoms with Crippen LogP contribution < -0.4 is 0 Å². The van der Waals surface area contributed by atoms with E-state index >= 15 is 0 Å². The van der Waals surface area contributed by atoms with E-state index in [2.05, 4.69) is 0 Å². The van der Waals surface area contributed by atoms with Crippen molar-refractivity contribution < 1.29 is 19.7 Å². The van der Waals surface area contributed by atoms with E-state index in [1.807, 2.05) is 6.08 Å². The summed E-state index contributed by atoms with van der Waals surface area (Å²) < 4.78 is 11.1. The Labute approximate surface area is 83.1 Å². The van der Waals surface area contributed by atoms with Crippen LogP contribution in [-0.2, 0) is 9.47 Å². The van der Waals surface area contributed by atoms with Crippen LogP contribution in [0.2, 0.25) is 0 Å². The number of fused-ring (bicyclic) bond motifs is 1. The fraction of sp³-hybridized carbons (Fsp3) is 0.800. The molecule has 4 nitrogen and oxygen atoms in total. The number of hydrogen-bond acceptors (Lipinski definition) is 4. The van der Waals surface area contributed by atoms with Crippen molar-refractivity contribution in [2.75, 3.05) is 0 Å². The molecule has 1 aliphatic carbocycles. The van der Waals surface area contributed by atoms with Crippen LogP contribution in [0.4, 0.5) is 0 Å². The van der Waals surface area contributed by atoms with E-state index in [9.17, 15) is 10.2 Å². The molecule has 0 spiro atoms. The Hall–Kier alpha value is -0.420. The Balaban J connectivity index is 2.26. The first-order valence-electron chi connectivity index (χ1n) is 4.81. The van der Waals surface area contributed by atoms with Gasteiger partial charge in [-0.05, 0) is 26.3 Å². The quantitative estimate of drug-likeness (QED) is 0.548. The molecule has 2 aliphatic rings. The Bertz CT molecular complexity index is 271. The molecule has 0 unspecified atom stereocenters. The van der Waals surface area contributed by atoms with Crippen molar-refractivity contribution in [3.63, 3.8) is 0 Å². The van der Waals surface area contributed by atoms with Gasteiger partial charge in [-0.25, -0.2) is 0 Å². The van der Waals surface area contributed by atoms with Crippen molar-refractivity contribution in [3.8, 4) is 0 Å². The third-order valence-electron chi connectivity index (χ3n) is 2.72. The molecule has 4 heteroatoms. The van der Waals surface area contributed by atoms with Gasteiger partial charge in [0.25, 0.3) is 0 Å². The minimum absolute atomic E-state index is 0.247. The summed E-state index contributed by atoms with van der Waals surface area (Å²) in [6.07, 6.45) is -0.621. The summed E-state index contributed by atoms with van der Waals surface area (Å²) in [5.74, 6) is -0.683. The molecular weight excluding hydrogens is 184 g/mol. The maximum Gasteiger partial charge on any atom is 0.164 e. The lowest BCUT2D eigenvalue weighted by atomic mass is 9.91. The zero-order chi connectivity index (χ0) is 10.5. The second kappa shape index (κ2) is 3.03. The minimum Gasteiger partial charge on any atom is -0.387 e. The lowest BCUT2D eigenvalue weighted by Crippen LogP contribution is -2.46.